The molecule has 2 heterocycles. The lowest BCUT2D eigenvalue weighted by atomic mass is 10.4. The highest BCUT2D eigenvalue weighted by molar-refractivity contribution is 5.85. The maximum atomic E-state index is 11.0. The van der Waals surface area contributed by atoms with Crippen LogP contribution in [0.1, 0.15) is 0 Å². The van der Waals surface area contributed by atoms with Crippen molar-refractivity contribution in [2.24, 2.45) is 7.05 Å². The molecule has 0 saturated carbocycles. The summed E-state index contributed by atoms with van der Waals surface area (Å²) in [6.07, 6.45) is 1.65. The van der Waals surface area contributed by atoms with Crippen LogP contribution in [0.3, 0.4) is 0 Å². The van der Waals surface area contributed by atoms with Gasteiger partial charge in [0.1, 0.15) is 0 Å². The smallest absolute Gasteiger partial charge is 0.262 e. The summed E-state index contributed by atoms with van der Waals surface area (Å²) < 4.78 is 1.77. The molecule has 0 aliphatic heterocycles. The van der Waals surface area contributed by atoms with Crippen molar-refractivity contribution in [1.29, 1.82) is 0 Å². The third-order valence-corrected chi connectivity index (χ3v) is 2.50. The van der Waals surface area contributed by atoms with E-state index in [1.807, 2.05) is 26.0 Å². The van der Waals surface area contributed by atoms with E-state index in [4.69, 9.17) is 5.21 Å². The second-order valence-electron chi connectivity index (χ2n) is 4.18. The number of hydroxylamine groups is 1. The van der Waals surface area contributed by atoms with Crippen LogP contribution >= 0.6 is 0 Å². The third-order valence-electron chi connectivity index (χ3n) is 2.50. The monoisotopic (exact) mass is 265 g/mol. The minimum atomic E-state index is -0.569. The van der Waals surface area contributed by atoms with Crippen molar-refractivity contribution in [3.05, 3.63) is 6.33 Å². The van der Waals surface area contributed by atoms with Gasteiger partial charge in [0.2, 0.25) is 5.95 Å². The molecule has 0 aromatic carbocycles. The largest absolute Gasteiger partial charge is 0.361 e. The average Bonchev–Trinajstić information content (AvgIpc) is 2.76. The first-order valence-corrected chi connectivity index (χ1v) is 5.56. The summed E-state index contributed by atoms with van der Waals surface area (Å²) in [6.45, 7) is -0.118. The molecule has 0 atom stereocenters. The lowest BCUT2D eigenvalue weighted by Crippen LogP contribution is -2.27. The lowest BCUT2D eigenvalue weighted by Gasteiger charge is -2.13. The number of hydrogen-bond donors (Lipinski definition) is 3. The fourth-order valence-corrected chi connectivity index (χ4v) is 1.58. The third kappa shape index (κ3) is 2.55. The van der Waals surface area contributed by atoms with Gasteiger partial charge in [-0.25, -0.2) is 10.5 Å². The zero-order valence-corrected chi connectivity index (χ0v) is 10.9. The van der Waals surface area contributed by atoms with E-state index >= 15 is 0 Å². The Morgan fingerprint density at radius 3 is 2.84 bits per heavy atom. The average molecular weight is 265 g/mol. The molecule has 0 bridgehead atoms. The number of imidazole rings is 1. The van der Waals surface area contributed by atoms with Crippen molar-refractivity contribution in [3.8, 4) is 0 Å². The summed E-state index contributed by atoms with van der Waals surface area (Å²) >= 11 is 0. The predicted molar refractivity (Wildman–Crippen MR) is 69.0 cm³/mol. The second kappa shape index (κ2) is 5.06. The number of fused-ring (bicyclic) bond motifs is 1. The first kappa shape index (κ1) is 13.0. The summed E-state index contributed by atoms with van der Waals surface area (Å²) in [5.74, 6) is 0.376. The van der Waals surface area contributed by atoms with Crippen LogP contribution in [0.15, 0.2) is 6.33 Å². The van der Waals surface area contributed by atoms with E-state index in [-0.39, 0.29) is 6.54 Å². The SMILES string of the molecule is CN(C)c1nc(NCC(=O)NO)nc2c1ncn2C. The van der Waals surface area contributed by atoms with Crippen molar-refractivity contribution in [2.45, 2.75) is 0 Å². The number of hydrogen-bond acceptors (Lipinski definition) is 7. The Morgan fingerprint density at radius 1 is 1.47 bits per heavy atom. The Kier molecular flexibility index (Phi) is 3.47. The van der Waals surface area contributed by atoms with Gasteiger partial charge in [-0.1, -0.05) is 0 Å². The standard InChI is InChI=1S/C10H15N7O2/c1-16(2)8-7-9(17(3)5-12-7)14-10(13-8)11-4-6(18)15-19/h5,19H,4H2,1-3H3,(H,15,18)(H,11,13,14). The molecule has 2 rings (SSSR count). The molecule has 0 fully saturated rings. The Bertz CT molecular complexity index is 607. The van der Waals surface area contributed by atoms with Crippen molar-refractivity contribution in [2.75, 3.05) is 30.9 Å². The molecule has 102 valence electrons. The highest BCUT2D eigenvalue weighted by Crippen LogP contribution is 2.21. The Balaban J connectivity index is 2.39. The van der Waals surface area contributed by atoms with Crippen LogP contribution in [0, 0.1) is 0 Å². The number of anilines is 2. The first-order chi connectivity index (χ1) is 9.02. The van der Waals surface area contributed by atoms with E-state index in [9.17, 15) is 4.79 Å². The molecule has 19 heavy (non-hydrogen) atoms. The van der Waals surface area contributed by atoms with Crippen LogP contribution in [0.5, 0.6) is 0 Å². The van der Waals surface area contributed by atoms with Gasteiger partial charge >= 0.3 is 0 Å². The van der Waals surface area contributed by atoms with Crippen molar-refractivity contribution >= 4 is 28.8 Å². The summed E-state index contributed by atoms with van der Waals surface area (Å²) in [7, 11) is 5.52. The summed E-state index contributed by atoms with van der Waals surface area (Å²) in [5, 5.41) is 11.2. The minimum absolute atomic E-state index is 0.118. The molecule has 9 nitrogen and oxygen atoms in total. The van der Waals surface area contributed by atoms with E-state index in [2.05, 4.69) is 20.3 Å². The maximum Gasteiger partial charge on any atom is 0.262 e. The van der Waals surface area contributed by atoms with E-state index in [0.29, 0.717) is 22.9 Å². The number of aryl methyl sites for hydroxylation is 1. The maximum absolute atomic E-state index is 11.0. The molecule has 2 aromatic rings. The minimum Gasteiger partial charge on any atom is -0.361 e. The Morgan fingerprint density at radius 2 is 2.21 bits per heavy atom. The van der Waals surface area contributed by atoms with Crippen LogP contribution in [0.4, 0.5) is 11.8 Å². The van der Waals surface area contributed by atoms with Crippen molar-refractivity contribution < 1.29 is 10.0 Å². The normalized spacial score (nSPS) is 10.5. The topological polar surface area (TPSA) is 108 Å². The number of amides is 1. The Hall–Kier alpha value is -2.42. The Labute approximate surface area is 109 Å². The summed E-state index contributed by atoms with van der Waals surface area (Å²) in [4.78, 5) is 25.6. The van der Waals surface area contributed by atoms with E-state index in [1.54, 1.807) is 10.9 Å². The molecule has 0 unspecified atom stereocenters. The van der Waals surface area contributed by atoms with E-state index < -0.39 is 5.91 Å². The molecule has 3 N–H and O–H groups in total. The number of aromatic nitrogens is 4. The first-order valence-electron chi connectivity index (χ1n) is 5.56. The number of carbonyl (C=O) groups excluding carboxylic acids is 1. The van der Waals surface area contributed by atoms with Gasteiger partial charge < -0.3 is 14.8 Å². The van der Waals surface area contributed by atoms with Crippen LogP contribution < -0.4 is 15.7 Å². The van der Waals surface area contributed by atoms with E-state index in [1.165, 1.54) is 5.48 Å². The van der Waals surface area contributed by atoms with Crippen LogP contribution in [-0.2, 0) is 11.8 Å². The highest BCUT2D eigenvalue weighted by atomic mass is 16.5. The molecule has 0 aliphatic carbocycles. The van der Waals surface area contributed by atoms with Gasteiger partial charge in [-0.2, -0.15) is 9.97 Å². The zero-order valence-electron chi connectivity index (χ0n) is 10.9. The molecule has 0 aliphatic rings. The van der Waals surface area contributed by atoms with Gasteiger partial charge in [-0.15, -0.1) is 0 Å². The molecule has 2 aromatic heterocycles. The molecular formula is C10H15N7O2. The van der Waals surface area contributed by atoms with Gasteiger partial charge in [-0.05, 0) is 0 Å². The molecule has 0 radical (unpaired) electrons. The summed E-state index contributed by atoms with van der Waals surface area (Å²) in [6, 6.07) is 0. The fraction of sp³-hybridized carbons (Fsp3) is 0.400. The lowest BCUT2D eigenvalue weighted by molar-refractivity contribution is -0.127. The quantitative estimate of drug-likeness (QED) is 0.497. The number of carbonyl (C=O) groups is 1. The molecular weight excluding hydrogens is 250 g/mol. The number of nitrogens with zero attached hydrogens (tertiary/aromatic N) is 5. The fourth-order valence-electron chi connectivity index (χ4n) is 1.58. The summed E-state index contributed by atoms with van der Waals surface area (Å²) in [5.41, 5.74) is 2.87. The highest BCUT2D eigenvalue weighted by Gasteiger charge is 2.13. The zero-order chi connectivity index (χ0) is 14.0. The molecule has 1 amide bonds. The molecule has 0 saturated heterocycles. The van der Waals surface area contributed by atoms with Gasteiger partial charge in [-0.3, -0.25) is 10.0 Å². The van der Waals surface area contributed by atoms with Crippen LogP contribution in [0.2, 0.25) is 0 Å². The van der Waals surface area contributed by atoms with Crippen LogP contribution in [0.25, 0.3) is 11.2 Å². The van der Waals surface area contributed by atoms with Crippen molar-refractivity contribution in [1.82, 2.24) is 25.0 Å². The molecule has 9 heteroatoms. The number of rotatable bonds is 4. The molecule has 0 spiro atoms. The van der Waals surface area contributed by atoms with E-state index in [0.717, 1.165) is 0 Å². The van der Waals surface area contributed by atoms with Crippen LogP contribution in [-0.4, -0.2) is 51.3 Å². The van der Waals surface area contributed by atoms with Gasteiger partial charge in [0.05, 0.1) is 12.9 Å². The number of nitrogens with one attached hydrogen (secondary N) is 2. The van der Waals surface area contributed by atoms with Crippen molar-refractivity contribution in [3.63, 3.8) is 0 Å². The predicted octanol–water partition coefficient (Wildman–Crippen LogP) is -0.653. The van der Waals surface area contributed by atoms with Gasteiger partial charge in [0, 0.05) is 21.1 Å². The van der Waals surface area contributed by atoms with Gasteiger partial charge in [0.25, 0.3) is 5.91 Å². The second-order valence-corrected chi connectivity index (χ2v) is 4.18. The van der Waals surface area contributed by atoms with Gasteiger partial charge in [0.15, 0.2) is 17.0 Å².